The Morgan fingerprint density at radius 3 is 2.36 bits per heavy atom. The molecule has 10 heteroatoms. The van der Waals surface area contributed by atoms with Crippen molar-refractivity contribution in [1.82, 2.24) is 4.98 Å². The number of aromatic nitrogens is 1. The Bertz CT molecular complexity index is 1170. The van der Waals surface area contributed by atoms with E-state index in [0.717, 1.165) is 40.7 Å². The van der Waals surface area contributed by atoms with Crippen molar-refractivity contribution in [2.45, 2.75) is 32.4 Å². The summed E-state index contributed by atoms with van der Waals surface area (Å²) in [5.41, 5.74) is 8.45. The first-order valence-electron chi connectivity index (χ1n) is 11.2. The minimum absolute atomic E-state index is 0.277. The third kappa shape index (κ3) is 9.81. The Kier molecular flexibility index (Phi) is 11.5. The number of methoxy groups -OCH3 is 1. The monoisotopic (exact) mass is 515 g/mol. The van der Waals surface area contributed by atoms with E-state index in [1.54, 1.807) is 7.11 Å². The number of pyridine rings is 1. The van der Waals surface area contributed by atoms with Crippen LogP contribution in [0.25, 0.3) is 10.9 Å². The molecule has 0 spiro atoms. The Labute approximate surface area is 214 Å². The number of nitrogens with zero attached hydrogens (tertiary/aromatic N) is 1. The molecular formula is C26H30ClN3O6. The van der Waals surface area contributed by atoms with Crippen LogP contribution in [0.15, 0.2) is 60.7 Å². The normalized spacial score (nSPS) is 11.4. The second-order valence-corrected chi connectivity index (χ2v) is 8.23. The molecule has 0 radical (unpaired) electrons. The van der Waals surface area contributed by atoms with Crippen molar-refractivity contribution in [2.24, 2.45) is 5.73 Å². The van der Waals surface area contributed by atoms with Gasteiger partial charge in [-0.05, 0) is 56.1 Å². The predicted molar refractivity (Wildman–Crippen MR) is 140 cm³/mol. The molecule has 5 N–H and O–H groups in total. The molecule has 1 aromatic heterocycles. The van der Waals surface area contributed by atoms with Gasteiger partial charge in [0.05, 0.1) is 18.3 Å². The number of aliphatic carboxylic acids is 2. The Morgan fingerprint density at radius 2 is 1.78 bits per heavy atom. The number of benzene rings is 2. The van der Waals surface area contributed by atoms with Crippen molar-refractivity contribution in [3.05, 3.63) is 71.3 Å². The number of carbonyl (C=O) groups is 2. The molecule has 192 valence electrons. The van der Waals surface area contributed by atoms with Crippen LogP contribution in [0, 0.1) is 0 Å². The Morgan fingerprint density at radius 1 is 1.11 bits per heavy atom. The summed E-state index contributed by atoms with van der Waals surface area (Å²) in [6.45, 7) is 3.26. The highest BCUT2D eigenvalue weighted by molar-refractivity contribution is 6.30. The van der Waals surface area contributed by atoms with E-state index in [0.29, 0.717) is 36.2 Å². The number of ether oxygens (including phenoxy) is 2. The third-order valence-electron chi connectivity index (χ3n) is 4.89. The molecule has 0 bridgehead atoms. The zero-order chi connectivity index (χ0) is 26.5. The fourth-order valence-electron chi connectivity index (χ4n) is 3.14. The van der Waals surface area contributed by atoms with Gasteiger partial charge >= 0.3 is 11.9 Å². The molecule has 0 saturated carbocycles. The van der Waals surface area contributed by atoms with Crippen LogP contribution in [-0.4, -0.2) is 46.8 Å². The van der Waals surface area contributed by atoms with Crippen LogP contribution in [0.4, 0.5) is 5.69 Å². The number of fused-ring (bicyclic) bond motifs is 1. The van der Waals surface area contributed by atoms with Crippen LogP contribution in [0.5, 0.6) is 11.6 Å². The molecule has 1 heterocycles. The fourth-order valence-corrected chi connectivity index (χ4v) is 3.27. The van der Waals surface area contributed by atoms with E-state index in [4.69, 9.17) is 42.0 Å². The molecule has 0 amide bonds. The quantitative estimate of drug-likeness (QED) is 0.266. The highest BCUT2D eigenvalue weighted by Crippen LogP contribution is 2.30. The van der Waals surface area contributed by atoms with E-state index in [1.807, 2.05) is 48.5 Å². The summed E-state index contributed by atoms with van der Waals surface area (Å²) in [7, 11) is 1.67. The summed E-state index contributed by atoms with van der Waals surface area (Å²) in [4.78, 5) is 23.8. The van der Waals surface area contributed by atoms with Gasteiger partial charge < -0.3 is 30.7 Å². The molecule has 3 aromatic rings. The van der Waals surface area contributed by atoms with Gasteiger partial charge in [-0.15, -0.1) is 0 Å². The molecule has 0 aliphatic carbocycles. The number of hydrogen-bond donors (Lipinski definition) is 4. The summed E-state index contributed by atoms with van der Waals surface area (Å²) in [6, 6.07) is 15.7. The number of anilines is 1. The van der Waals surface area contributed by atoms with Gasteiger partial charge in [0.1, 0.15) is 12.4 Å². The number of halogens is 1. The van der Waals surface area contributed by atoms with E-state index < -0.39 is 11.9 Å². The zero-order valence-electron chi connectivity index (χ0n) is 20.1. The highest BCUT2D eigenvalue weighted by atomic mass is 35.5. The maximum absolute atomic E-state index is 9.55. The van der Waals surface area contributed by atoms with Crippen molar-refractivity contribution in [3.63, 3.8) is 0 Å². The molecule has 0 saturated heterocycles. The molecule has 1 atom stereocenters. The summed E-state index contributed by atoms with van der Waals surface area (Å²) in [5, 5.41) is 20.9. The lowest BCUT2D eigenvalue weighted by Gasteiger charge is -2.17. The lowest BCUT2D eigenvalue weighted by molar-refractivity contribution is -0.134. The van der Waals surface area contributed by atoms with Gasteiger partial charge in [0.15, 0.2) is 0 Å². The van der Waals surface area contributed by atoms with Crippen molar-refractivity contribution in [3.8, 4) is 11.6 Å². The van der Waals surface area contributed by atoms with Crippen molar-refractivity contribution in [1.29, 1.82) is 0 Å². The minimum atomic E-state index is -1.26. The van der Waals surface area contributed by atoms with Gasteiger partial charge in [-0.2, -0.15) is 0 Å². The number of rotatable bonds is 11. The van der Waals surface area contributed by atoms with Gasteiger partial charge in [0.2, 0.25) is 5.88 Å². The van der Waals surface area contributed by atoms with E-state index in [2.05, 4.69) is 12.2 Å². The first-order chi connectivity index (χ1) is 17.2. The molecule has 3 rings (SSSR count). The molecule has 0 fully saturated rings. The van der Waals surface area contributed by atoms with Gasteiger partial charge in [0, 0.05) is 40.7 Å². The molecule has 0 aliphatic heterocycles. The maximum Gasteiger partial charge on any atom is 0.328 e. The number of nitrogens with one attached hydrogen (secondary N) is 1. The van der Waals surface area contributed by atoms with Crippen LogP contribution in [0.3, 0.4) is 0 Å². The second-order valence-electron chi connectivity index (χ2n) is 7.80. The summed E-state index contributed by atoms with van der Waals surface area (Å²) >= 11 is 5.93. The number of carboxylic acid groups (broad SMARTS) is 2. The van der Waals surface area contributed by atoms with Crippen LogP contribution >= 0.6 is 11.6 Å². The standard InChI is InChI=1S/C22H26ClN3O2.C4H4O4/c1-15(4-3-11-24)25-20-13-19(27-2)12-17-7-10-21(26-22(17)20)28-14-16-5-8-18(23)9-6-16;5-3(6)1-2-4(7)8/h5-10,12-13,15,25H,3-4,11,14,24H2,1-2H3;1-2H,(H,5,6)(H,7,8). The van der Waals surface area contributed by atoms with E-state index in [-0.39, 0.29) is 6.04 Å². The van der Waals surface area contributed by atoms with Crippen LogP contribution in [0.1, 0.15) is 25.3 Å². The van der Waals surface area contributed by atoms with Crippen molar-refractivity contribution >= 4 is 40.1 Å². The molecule has 2 aromatic carbocycles. The summed E-state index contributed by atoms with van der Waals surface area (Å²) in [5.74, 6) is -1.15. The Hall–Kier alpha value is -3.82. The lowest BCUT2D eigenvalue weighted by atomic mass is 10.1. The second kappa shape index (κ2) is 14.6. The summed E-state index contributed by atoms with van der Waals surface area (Å²) in [6.07, 6.45) is 3.07. The minimum Gasteiger partial charge on any atom is -0.497 e. The highest BCUT2D eigenvalue weighted by Gasteiger charge is 2.11. The number of nitrogens with two attached hydrogens (primary N) is 1. The average molecular weight is 516 g/mol. The predicted octanol–water partition coefficient (Wildman–Crippen LogP) is 4.73. The Balaban J connectivity index is 0.000000493. The van der Waals surface area contributed by atoms with Crippen LogP contribution in [0.2, 0.25) is 5.02 Å². The molecular weight excluding hydrogens is 486 g/mol. The smallest absolute Gasteiger partial charge is 0.328 e. The molecule has 9 nitrogen and oxygen atoms in total. The maximum atomic E-state index is 9.55. The van der Waals surface area contributed by atoms with Crippen LogP contribution in [-0.2, 0) is 16.2 Å². The lowest BCUT2D eigenvalue weighted by Crippen LogP contribution is -2.17. The number of carboxylic acids is 2. The molecule has 36 heavy (non-hydrogen) atoms. The molecule has 1 unspecified atom stereocenters. The topological polar surface area (TPSA) is 144 Å². The van der Waals surface area contributed by atoms with E-state index >= 15 is 0 Å². The SMILES string of the molecule is COc1cc(NC(C)CCCN)c2nc(OCc3ccc(Cl)cc3)ccc2c1.O=C(O)C=CC(=O)O. The van der Waals surface area contributed by atoms with Gasteiger partial charge in [-0.25, -0.2) is 14.6 Å². The third-order valence-corrected chi connectivity index (χ3v) is 5.14. The zero-order valence-corrected chi connectivity index (χ0v) is 20.9. The van der Waals surface area contributed by atoms with Gasteiger partial charge in [-0.3, -0.25) is 0 Å². The van der Waals surface area contributed by atoms with Gasteiger partial charge in [-0.1, -0.05) is 23.7 Å². The van der Waals surface area contributed by atoms with Crippen molar-refractivity contribution < 1.29 is 29.3 Å². The van der Waals surface area contributed by atoms with Crippen LogP contribution < -0.4 is 20.5 Å². The van der Waals surface area contributed by atoms with E-state index in [1.165, 1.54) is 0 Å². The average Bonchev–Trinajstić information content (AvgIpc) is 2.86. The largest absolute Gasteiger partial charge is 0.497 e. The molecule has 0 aliphatic rings. The first kappa shape index (κ1) is 28.4. The fraction of sp³-hybridized carbons (Fsp3) is 0.269. The van der Waals surface area contributed by atoms with Gasteiger partial charge in [0.25, 0.3) is 0 Å². The van der Waals surface area contributed by atoms with E-state index in [9.17, 15) is 9.59 Å². The van der Waals surface area contributed by atoms with Crippen molar-refractivity contribution in [2.75, 3.05) is 19.0 Å². The number of hydrogen-bond acceptors (Lipinski definition) is 7. The summed E-state index contributed by atoms with van der Waals surface area (Å²) < 4.78 is 11.3. The first-order valence-corrected chi connectivity index (χ1v) is 11.6.